The average Bonchev–Trinajstić information content (AvgIpc) is 2.94. The highest BCUT2D eigenvalue weighted by atomic mass is 32.1. The quantitative estimate of drug-likeness (QED) is 0.743. The van der Waals surface area contributed by atoms with Gasteiger partial charge in [-0.05, 0) is 5.56 Å². The summed E-state index contributed by atoms with van der Waals surface area (Å²) in [6.07, 6.45) is 0.0598. The van der Waals surface area contributed by atoms with Crippen LogP contribution in [-0.4, -0.2) is 35.7 Å². The largest absolute Gasteiger partial charge is 0.443 e. The molecule has 1 heterocycles. The number of anilines is 1. The minimum atomic E-state index is -0.613. The van der Waals surface area contributed by atoms with Gasteiger partial charge in [0.15, 0.2) is 5.13 Å². The summed E-state index contributed by atoms with van der Waals surface area (Å²) in [6, 6.07) is 9.76. The molecule has 23 heavy (non-hydrogen) atoms. The SMILES string of the molecule is CNC(=O)OCc1nc(NC(=O)CO)sc1Cc1ccccc1. The maximum absolute atomic E-state index is 11.3. The Labute approximate surface area is 137 Å². The van der Waals surface area contributed by atoms with Gasteiger partial charge >= 0.3 is 6.09 Å². The van der Waals surface area contributed by atoms with Gasteiger partial charge in [0.1, 0.15) is 13.2 Å². The first-order valence-corrected chi connectivity index (χ1v) is 7.71. The van der Waals surface area contributed by atoms with E-state index in [1.165, 1.54) is 18.4 Å². The van der Waals surface area contributed by atoms with E-state index in [4.69, 9.17) is 9.84 Å². The van der Waals surface area contributed by atoms with Crippen molar-refractivity contribution < 1.29 is 19.4 Å². The summed E-state index contributed by atoms with van der Waals surface area (Å²) in [5.41, 5.74) is 1.66. The molecule has 0 aliphatic rings. The maximum Gasteiger partial charge on any atom is 0.407 e. The Morgan fingerprint density at radius 1 is 1.30 bits per heavy atom. The van der Waals surface area contributed by atoms with Crippen LogP contribution in [0.1, 0.15) is 16.1 Å². The van der Waals surface area contributed by atoms with Gasteiger partial charge in [0.2, 0.25) is 0 Å². The summed E-state index contributed by atoms with van der Waals surface area (Å²) in [5, 5.41) is 14.0. The second-order valence-corrected chi connectivity index (χ2v) is 5.67. The molecule has 0 saturated carbocycles. The molecular formula is C15H17N3O4S. The topological polar surface area (TPSA) is 101 Å². The van der Waals surface area contributed by atoms with E-state index in [0.717, 1.165) is 10.4 Å². The van der Waals surface area contributed by atoms with Gasteiger partial charge in [-0.1, -0.05) is 30.3 Å². The Bertz CT molecular complexity index is 673. The van der Waals surface area contributed by atoms with Crippen LogP contribution in [0.4, 0.5) is 9.93 Å². The number of carbonyl (C=O) groups excluding carboxylic acids is 2. The van der Waals surface area contributed by atoms with E-state index in [1.807, 2.05) is 30.3 Å². The lowest BCUT2D eigenvalue weighted by molar-refractivity contribution is -0.118. The van der Waals surface area contributed by atoms with Gasteiger partial charge in [0.25, 0.3) is 5.91 Å². The number of ether oxygens (including phenoxy) is 1. The molecule has 0 aliphatic heterocycles. The number of hydrogen-bond donors (Lipinski definition) is 3. The predicted octanol–water partition coefficient (Wildman–Crippen LogP) is 1.52. The van der Waals surface area contributed by atoms with Crippen LogP contribution in [0.5, 0.6) is 0 Å². The Morgan fingerprint density at radius 2 is 2.04 bits per heavy atom. The number of nitrogens with one attached hydrogen (secondary N) is 2. The van der Waals surface area contributed by atoms with Crippen molar-refractivity contribution >= 4 is 28.5 Å². The van der Waals surface area contributed by atoms with Crippen molar-refractivity contribution in [3.05, 3.63) is 46.5 Å². The van der Waals surface area contributed by atoms with Gasteiger partial charge in [-0.15, -0.1) is 11.3 Å². The number of rotatable bonds is 6. The molecule has 0 aliphatic carbocycles. The number of thiazole rings is 1. The van der Waals surface area contributed by atoms with Crippen molar-refractivity contribution in [2.45, 2.75) is 13.0 Å². The lowest BCUT2D eigenvalue weighted by Gasteiger charge is -2.04. The predicted molar refractivity (Wildman–Crippen MR) is 86.3 cm³/mol. The normalized spacial score (nSPS) is 10.2. The fraction of sp³-hybridized carbons (Fsp3) is 0.267. The molecule has 0 unspecified atom stereocenters. The standard InChI is InChI=1S/C15H17N3O4S/c1-16-15(21)22-9-11-12(7-10-5-3-2-4-6-10)23-14(17-11)18-13(20)8-19/h2-6,19H,7-9H2,1H3,(H,16,21)(H,17,18,20). The van der Waals surface area contributed by atoms with Crippen LogP contribution >= 0.6 is 11.3 Å². The molecule has 0 spiro atoms. The highest BCUT2D eigenvalue weighted by Gasteiger charge is 2.15. The number of carbonyl (C=O) groups is 2. The summed E-state index contributed by atoms with van der Waals surface area (Å²) in [7, 11) is 1.47. The van der Waals surface area contributed by atoms with Crippen LogP contribution < -0.4 is 10.6 Å². The van der Waals surface area contributed by atoms with E-state index in [9.17, 15) is 9.59 Å². The number of aliphatic hydroxyl groups excluding tert-OH is 1. The Balaban J connectivity index is 2.18. The molecule has 0 fully saturated rings. The summed E-state index contributed by atoms with van der Waals surface area (Å²) < 4.78 is 5.03. The molecule has 2 rings (SSSR count). The smallest absolute Gasteiger partial charge is 0.407 e. The highest BCUT2D eigenvalue weighted by molar-refractivity contribution is 7.15. The first-order valence-electron chi connectivity index (χ1n) is 6.90. The van der Waals surface area contributed by atoms with Gasteiger partial charge in [0.05, 0.1) is 5.69 Å². The van der Waals surface area contributed by atoms with Gasteiger partial charge in [-0.3, -0.25) is 10.1 Å². The van der Waals surface area contributed by atoms with Crippen molar-refractivity contribution in [2.24, 2.45) is 0 Å². The number of alkyl carbamates (subject to hydrolysis) is 1. The van der Waals surface area contributed by atoms with E-state index in [-0.39, 0.29) is 6.61 Å². The van der Waals surface area contributed by atoms with Crippen molar-refractivity contribution in [1.82, 2.24) is 10.3 Å². The van der Waals surface area contributed by atoms with Crippen molar-refractivity contribution in [1.29, 1.82) is 0 Å². The minimum absolute atomic E-state index is 0.00728. The van der Waals surface area contributed by atoms with E-state index in [0.29, 0.717) is 17.2 Å². The zero-order valence-corrected chi connectivity index (χ0v) is 13.4. The number of amides is 2. The molecule has 7 nitrogen and oxygen atoms in total. The molecule has 0 atom stereocenters. The highest BCUT2D eigenvalue weighted by Crippen LogP contribution is 2.26. The van der Waals surface area contributed by atoms with Crippen LogP contribution in [0.2, 0.25) is 0 Å². The van der Waals surface area contributed by atoms with Crippen LogP contribution in [0.15, 0.2) is 30.3 Å². The number of nitrogens with zero attached hydrogens (tertiary/aromatic N) is 1. The molecule has 122 valence electrons. The van der Waals surface area contributed by atoms with Crippen molar-refractivity contribution in [3.63, 3.8) is 0 Å². The third-order valence-electron chi connectivity index (χ3n) is 2.92. The fourth-order valence-electron chi connectivity index (χ4n) is 1.83. The number of hydrogen-bond acceptors (Lipinski definition) is 6. The molecule has 1 aromatic heterocycles. The molecule has 0 bridgehead atoms. The van der Waals surface area contributed by atoms with Crippen LogP contribution in [0.25, 0.3) is 0 Å². The monoisotopic (exact) mass is 335 g/mol. The first kappa shape index (κ1) is 16.9. The molecule has 2 aromatic rings. The van der Waals surface area contributed by atoms with E-state index in [2.05, 4.69) is 15.6 Å². The van der Waals surface area contributed by atoms with E-state index >= 15 is 0 Å². The number of aliphatic hydroxyl groups is 1. The second kappa shape index (κ2) is 8.25. The molecule has 2 amide bonds. The summed E-state index contributed by atoms with van der Waals surface area (Å²) in [5.74, 6) is -0.538. The van der Waals surface area contributed by atoms with Crippen LogP contribution in [0, 0.1) is 0 Å². The zero-order chi connectivity index (χ0) is 16.7. The third kappa shape index (κ3) is 5.04. The van der Waals surface area contributed by atoms with Gasteiger partial charge in [-0.25, -0.2) is 9.78 Å². The zero-order valence-electron chi connectivity index (χ0n) is 12.5. The number of benzene rings is 1. The molecule has 8 heteroatoms. The average molecular weight is 335 g/mol. The van der Waals surface area contributed by atoms with Crippen LogP contribution in [-0.2, 0) is 22.6 Å². The minimum Gasteiger partial charge on any atom is -0.443 e. The van der Waals surface area contributed by atoms with Gasteiger partial charge in [0, 0.05) is 18.3 Å². The fourth-order valence-corrected chi connectivity index (χ4v) is 2.85. The third-order valence-corrected chi connectivity index (χ3v) is 3.93. The van der Waals surface area contributed by atoms with Gasteiger partial charge < -0.3 is 15.2 Å². The second-order valence-electron chi connectivity index (χ2n) is 4.58. The molecule has 0 saturated heterocycles. The Morgan fingerprint density at radius 3 is 2.70 bits per heavy atom. The van der Waals surface area contributed by atoms with Crippen molar-refractivity contribution in [2.75, 3.05) is 19.0 Å². The summed E-state index contributed by atoms with van der Waals surface area (Å²) in [6.45, 7) is -0.606. The first-order chi connectivity index (χ1) is 11.1. The summed E-state index contributed by atoms with van der Waals surface area (Å²) in [4.78, 5) is 27.7. The van der Waals surface area contributed by atoms with E-state index < -0.39 is 18.6 Å². The molecule has 3 N–H and O–H groups in total. The van der Waals surface area contributed by atoms with Gasteiger partial charge in [-0.2, -0.15) is 0 Å². The summed E-state index contributed by atoms with van der Waals surface area (Å²) >= 11 is 1.29. The maximum atomic E-state index is 11.3. The lowest BCUT2D eigenvalue weighted by atomic mass is 10.1. The Hall–Kier alpha value is -2.45. The van der Waals surface area contributed by atoms with E-state index in [1.54, 1.807) is 0 Å². The molecular weight excluding hydrogens is 318 g/mol. The molecule has 1 aromatic carbocycles. The van der Waals surface area contributed by atoms with Crippen LogP contribution in [0.3, 0.4) is 0 Å². The number of aromatic nitrogens is 1. The Kier molecular flexibility index (Phi) is 6.07. The lowest BCUT2D eigenvalue weighted by Crippen LogP contribution is -2.19. The van der Waals surface area contributed by atoms with Crippen molar-refractivity contribution in [3.8, 4) is 0 Å². The molecule has 0 radical (unpaired) electrons.